The van der Waals surface area contributed by atoms with Gasteiger partial charge < -0.3 is 24.5 Å². The number of rotatable bonds is 4. The van der Waals surface area contributed by atoms with Crippen molar-refractivity contribution in [1.82, 2.24) is 9.88 Å². The van der Waals surface area contributed by atoms with E-state index in [2.05, 4.69) is 5.32 Å². The number of hydrogen-bond donors (Lipinski definition) is 2. The smallest absolute Gasteiger partial charge is 0.255 e. The Kier molecular flexibility index (Phi) is 5.16. The molecule has 1 aromatic heterocycles. The van der Waals surface area contributed by atoms with Gasteiger partial charge in [-0.05, 0) is 37.6 Å². The van der Waals surface area contributed by atoms with Crippen molar-refractivity contribution in [2.24, 2.45) is 0 Å². The zero-order valence-corrected chi connectivity index (χ0v) is 14.8. The number of carbonyl (C=O) groups excluding carboxylic acids is 1. The van der Waals surface area contributed by atoms with Gasteiger partial charge in [-0.1, -0.05) is 6.07 Å². The average Bonchev–Trinajstić information content (AvgIpc) is 2.83. The van der Waals surface area contributed by atoms with E-state index in [1.807, 2.05) is 18.2 Å². The summed E-state index contributed by atoms with van der Waals surface area (Å²) in [4.78, 5) is 24.5. The first-order chi connectivity index (χ1) is 12.5. The lowest BCUT2D eigenvalue weighted by molar-refractivity contribution is -0.124. The number of aryl methyl sites for hydroxylation is 1. The van der Waals surface area contributed by atoms with Crippen LogP contribution in [0.5, 0.6) is 17.2 Å². The van der Waals surface area contributed by atoms with E-state index >= 15 is 0 Å². The van der Waals surface area contributed by atoms with E-state index < -0.39 is 11.6 Å². The van der Waals surface area contributed by atoms with E-state index in [0.717, 1.165) is 18.1 Å². The maximum absolute atomic E-state index is 12.5. The summed E-state index contributed by atoms with van der Waals surface area (Å²) in [7, 11) is 0. The van der Waals surface area contributed by atoms with Crippen molar-refractivity contribution in [3.05, 3.63) is 51.9 Å². The molecule has 0 aliphatic carbocycles. The van der Waals surface area contributed by atoms with Crippen LogP contribution in [0, 0.1) is 6.92 Å². The number of aromatic nitrogens is 1. The topological polar surface area (TPSA) is 89.8 Å². The normalized spacial score (nSPS) is 14.4. The first-order valence-electron chi connectivity index (χ1n) is 8.54. The molecular weight excluding hydrogens is 336 g/mol. The highest BCUT2D eigenvalue weighted by atomic mass is 16.5. The molecule has 0 saturated heterocycles. The summed E-state index contributed by atoms with van der Waals surface area (Å²) in [5, 5.41) is 12.3. The van der Waals surface area contributed by atoms with Gasteiger partial charge >= 0.3 is 0 Å². The summed E-state index contributed by atoms with van der Waals surface area (Å²) >= 11 is 0. The van der Waals surface area contributed by atoms with E-state index in [9.17, 15) is 14.7 Å². The monoisotopic (exact) mass is 358 g/mol. The van der Waals surface area contributed by atoms with Crippen molar-refractivity contribution in [1.29, 1.82) is 0 Å². The van der Waals surface area contributed by atoms with E-state index in [1.165, 1.54) is 10.6 Å². The number of benzene rings is 1. The fourth-order valence-corrected chi connectivity index (χ4v) is 2.96. The zero-order chi connectivity index (χ0) is 18.7. The number of ether oxygens (including phenoxy) is 2. The third-order valence-electron chi connectivity index (χ3n) is 4.29. The molecule has 138 valence electrons. The number of amides is 1. The van der Waals surface area contributed by atoms with Gasteiger partial charge in [0.05, 0.1) is 13.2 Å². The quantitative estimate of drug-likeness (QED) is 0.871. The van der Waals surface area contributed by atoms with Crippen LogP contribution in [0.25, 0.3) is 0 Å². The molecule has 0 unspecified atom stereocenters. The van der Waals surface area contributed by atoms with Crippen molar-refractivity contribution < 1.29 is 19.4 Å². The second-order valence-corrected chi connectivity index (χ2v) is 6.29. The molecule has 7 nitrogen and oxygen atoms in total. The Bertz CT molecular complexity index is 875. The SMILES string of the molecule is Cc1cc(O)cc(=O)n1[C@@H](C)C(=O)NCc1ccc2c(c1)OCCCO2. The first kappa shape index (κ1) is 17.8. The zero-order valence-electron chi connectivity index (χ0n) is 14.8. The molecule has 1 aliphatic rings. The van der Waals surface area contributed by atoms with Crippen LogP contribution in [0.3, 0.4) is 0 Å². The molecule has 0 fully saturated rings. The standard InChI is InChI=1S/C19H22N2O5/c1-12-8-15(22)10-18(23)21(12)13(2)19(24)20-11-14-4-5-16-17(9-14)26-7-3-6-25-16/h4-5,8-10,13,22H,3,6-7,11H2,1-2H3,(H,20,24)/t13-/m0/s1. The molecule has 1 amide bonds. The van der Waals surface area contributed by atoms with E-state index in [-0.39, 0.29) is 11.7 Å². The van der Waals surface area contributed by atoms with Crippen LogP contribution in [0.1, 0.15) is 30.6 Å². The lowest BCUT2D eigenvalue weighted by Gasteiger charge is -2.18. The molecule has 0 spiro atoms. The van der Waals surface area contributed by atoms with E-state index in [0.29, 0.717) is 37.0 Å². The highest BCUT2D eigenvalue weighted by Gasteiger charge is 2.18. The molecule has 26 heavy (non-hydrogen) atoms. The maximum atomic E-state index is 12.5. The van der Waals surface area contributed by atoms with Crippen molar-refractivity contribution in [2.45, 2.75) is 32.9 Å². The number of nitrogens with zero attached hydrogens (tertiary/aromatic N) is 1. The fourth-order valence-electron chi connectivity index (χ4n) is 2.96. The van der Waals surface area contributed by atoms with Gasteiger partial charge in [0.15, 0.2) is 11.5 Å². The Morgan fingerprint density at radius 1 is 1.23 bits per heavy atom. The van der Waals surface area contributed by atoms with Crippen LogP contribution >= 0.6 is 0 Å². The van der Waals surface area contributed by atoms with Crippen molar-refractivity contribution in [3.8, 4) is 17.2 Å². The van der Waals surface area contributed by atoms with Crippen molar-refractivity contribution >= 4 is 5.91 Å². The van der Waals surface area contributed by atoms with Gasteiger partial charge in [0.1, 0.15) is 11.8 Å². The minimum absolute atomic E-state index is 0.108. The molecular formula is C19H22N2O5. The highest BCUT2D eigenvalue weighted by Crippen LogP contribution is 2.30. The van der Waals surface area contributed by atoms with Crippen LogP contribution in [-0.4, -0.2) is 28.8 Å². The molecule has 1 aliphatic heterocycles. The van der Waals surface area contributed by atoms with Gasteiger partial charge in [-0.2, -0.15) is 0 Å². The molecule has 1 aromatic carbocycles. The third-order valence-corrected chi connectivity index (χ3v) is 4.29. The first-order valence-corrected chi connectivity index (χ1v) is 8.54. The van der Waals surface area contributed by atoms with Crippen LogP contribution in [0.15, 0.2) is 35.1 Å². The summed E-state index contributed by atoms with van der Waals surface area (Å²) in [5.41, 5.74) is 0.985. The average molecular weight is 358 g/mol. The lowest BCUT2D eigenvalue weighted by Crippen LogP contribution is -2.36. The predicted molar refractivity (Wildman–Crippen MR) is 95.7 cm³/mol. The largest absolute Gasteiger partial charge is 0.508 e. The van der Waals surface area contributed by atoms with Gasteiger partial charge in [0.2, 0.25) is 5.91 Å². The number of pyridine rings is 1. The molecule has 0 saturated carbocycles. The third kappa shape index (κ3) is 3.82. The number of nitrogens with one attached hydrogen (secondary N) is 1. The molecule has 2 aromatic rings. The Hall–Kier alpha value is -2.96. The molecule has 2 N–H and O–H groups in total. The van der Waals surface area contributed by atoms with Crippen molar-refractivity contribution in [3.63, 3.8) is 0 Å². The Morgan fingerprint density at radius 3 is 2.69 bits per heavy atom. The van der Waals surface area contributed by atoms with Crippen LogP contribution in [-0.2, 0) is 11.3 Å². The van der Waals surface area contributed by atoms with Crippen LogP contribution in [0.2, 0.25) is 0 Å². The minimum Gasteiger partial charge on any atom is -0.508 e. The second kappa shape index (κ2) is 7.51. The predicted octanol–water partition coefficient (Wildman–Crippen LogP) is 1.90. The van der Waals surface area contributed by atoms with Gasteiger partial charge in [-0.3, -0.25) is 9.59 Å². The molecule has 0 radical (unpaired) electrons. The summed E-state index contributed by atoms with van der Waals surface area (Å²) < 4.78 is 12.6. The van der Waals surface area contributed by atoms with Gasteiger partial charge in [0.25, 0.3) is 5.56 Å². The molecule has 2 heterocycles. The second-order valence-electron chi connectivity index (χ2n) is 6.29. The Balaban J connectivity index is 1.69. The van der Waals surface area contributed by atoms with E-state index in [1.54, 1.807) is 13.8 Å². The number of hydrogen-bond acceptors (Lipinski definition) is 5. The van der Waals surface area contributed by atoms with Gasteiger partial charge in [-0.15, -0.1) is 0 Å². The van der Waals surface area contributed by atoms with E-state index in [4.69, 9.17) is 9.47 Å². The Morgan fingerprint density at radius 2 is 1.96 bits per heavy atom. The van der Waals surface area contributed by atoms with Gasteiger partial charge in [-0.25, -0.2) is 0 Å². The lowest BCUT2D eigenvalue weighted by atomic mass is 10.2. The summed E-state index contributed by atoms with van der Waals surface area (Å²) in [6, 6.07) is 7.42. The number of aromatic hydroxyl groups is 1. The molecule has 1 atom stereocenters. The summed E-state index contributed by atoms with van der Waals surface area (Å²) in [5.74, 6) is 0.988. The minimum atomic E-state index is -0.691. The maximum Gasteiger partial charge on any atom is 0.255 e. The van der Waals surface area contributed by atoms with Crippen LogP contribution in [0.4, 0.5) is 0 Å². The molecule has 3 rings (SSSR count). The fraction of sp³-hybridized carbons (Fsp3) is 0.368. The van der Waals surface area contributed by atoms with Crippen molar-refractivity contribution in [2.75, 3.05) is 13.2 Å². The highest BCUT2D eigenvalue weighted by molar-refractivity contribution is 5.80. The number of carbonyl (C=O) groups is 1. The van der Waals surface area contributed by atoms with Gasteiger partial charge in [0, 0.05) is 24.7 Å². The molecule has 0 bridgehead atoms. The summed E-state index contributed by atoms with van der Waals surface area (Å²) in [6.45, 7) is 4.86. The Labute approximate surface area is 151 Å². The summed E-state index contributed by atoms with van der Waals surface area (Å²) in [6.07, 6.45) is 0.832. The van der Waals surface area contributed by atoms with Crippen LogP contribution < -0.4 is 20.3 Å². The number of fused-ring (bicyclic) bond motifs is 1. The molecule has 7 heteroatoms.